The molecule has 0 radical (unpaired) electrons. The number of para-hydroxylation sites is 3. The summed E-state index contributed by atoms with van der Waals surface area (Å²) >= 11 is 0. The molecule has 7 nitrogen and oxygen atoms in total. The zero-order valence-corrected chi connectivity index (χ0v) is 23.7. The summed E-state index contributed by atoms with van der Waals surface area (Å²) in [6.07, 6.45) is 4.07. The third-order valence-electron chi connectivity index (χ3n) is 8.27. The van der Waals surface area contributed by atoms with Crippen LogP contribution in [0.15, 0.2) is 109 Å². The van der Waals surface area contributed by atoms with E-state index in [2.05, 4.69) is 51.4 Å². The number of fused-ring (bicyclic) bond motifs is 9. The van der Waals surface area contributed by atoms with Gasteiger partial charge in [-0.15, -0.1) is 0 Å². The maximum Gasteiger partial charge on any atom is 0.0872 e. The third kappa shape index (κ3) is 4.10. The summed E-state index contributed by atoms with van der Waals surface area (Å²) in [7, 11) is 0. The Bertz CT molecular complexity index is 2390. The summed E-state index contributed by atoms with van der Waals surface area (Å²) in [6, 6.07) is 36.2. The fourth-order valence-corrected chi connectivity index (χ4v) is 6.18. The van der Waals surface area contributed by atoms with Crippen molar-refractivity contribution in [3.8, 4) is 33.4 Å². The highest BCUT2D eigenvalue weighted by molar-refractivity contribution is 6.03. The van der Waals surface area contributed by atoms with Crippen LogP contribution in [0.3, 0.4) is 0 Å². The first-order chi connectivity index (χ1) is 21.5. The molecule has 4 aromatic heterocycles. The molecule has 212 valence electrons. The molecule has 5 heterocycles. The van der Waals surface area contributed by atoms with Gasteiger partial charge in [0.25, 0.3) is 0 Å². The van der Waals surface area contributed by atoms with E-state index in [1.165, 1.54) is 0 Å². The van der Waals surface area contributed by atoms with Crippen LogP contribution in [-0.4, -0.2) is 19.9 Å². The van der Waals surface area contributed by atoms with Gasteiger partial charge in [-0.25, -0.2) is 4.98 Å². The van der Waals surface area contributed by atoms with Gasteiger partial charge in [0.15, 0.2) is 0 Å². The lowest BCUT2D eigenvalue weighted by molar-refractivity contribution is 1.32. The summed E-state index contributed by atoms with van der Waals surface area (Å²) in [4.78, 5) is 16.2. The molecule has 8 bridgehead atoms. The highest BCUT2D eigenvalue weighted by atomic mass is 14.8. The second-order valence-electron chi connectivity index (χ2n) is 11.0. The van der Waals surface area contributed by atoms with Crippen molar-refractivity contribution in [2.45, 2.75) is 0 Å². The van der Waals surface area contributed by atoms with Gasteiger partial charge in [-0.1, -0.05) is 54.6 Å². The Morgan fingerprint density at radius 3 is 1.16 bits per heavy atom. The van der Waals surface area contributed by atoms with Crippen molar-refractivity contribution >= 4 is 62.3 Å². The Kier molecular flexibility index (Phi) is 5.77. The monoisotopic (exact) mass is 571 g/mol. The lowest BCUT2D eigenvalue weighted by atomic mass is 10.0. The molecule has 0 amide bonds. The maximum atomic E-state index is 6.60. The predicted octanol–water partition coefficient (Wildman–Crippen LogP) is 8.44. The van der Waals surface area contributed by atoms with Crippen LogP contribution in [0.25, 0.3) is 78.6 Å². The van der Waals surface area contributed by atoms with Gasteiger partial charge in [-0.2, -0.15) is 0 Å². The van der Waals surface area contributed by atoms with E-state index in [1.54, 1.807) is 0 Å². The van der Waals surface area contributed by atoms with E-state index in [1.807, 2.05) is 84.9 Å². The first kappa shape index (κ1) is 25.5. The van der Waals surface area contributed by atoms with Crippen LogP contribution in [0.5, 0.6) is 0 Å². The number of aromatic nitrogens is 4. The van der Waals surface area contributed by atoms with Crippen LogP contribution in [-0.2, 0) is 0 Å². The predicted molar refractivity (Wildman–Crippen MR) is 185 cm³/mol. The second-order valence-corrected chi connectivity index (χ2v) is 11.0. The Morgan fingerprint density at radius 2 is 0.705 bits per heavy atom. The summed E-state index contributed by atoms with van der Waals surface area (Å²) in [6.45, 7) is 0. The number of nitrogens with zero attached hydrogens (tertiary/aromatic N) is 1. The first-order valence-corrected chi connectivity index (χ1v) is 14.4. The molecule has 0 saturated carbocycles. The average Bonchev–Trinajstić information content (AvgIpc) is 3.85. The fourth-order valence-electron chi connectivity index (χ4n) is 6.18. The molecule has 0 saturated heterocycles. The zero-order valence-electron chi connectivity index (χ0n) is 23.7. The summed E-state index contributed by atoms with van der Waals surface area (Å²) in [5.41, 5.74) is 34.4. The third-order valence-corrected chi connectivity index (χ3v) is 8.27. The summed E-state index contributed by atoms with van der Waals surface area (Å²) < 4.78 is 0. The van der Waals surface area contributed by atoms with E-state index in [4.69, 9.17) is 22.2 Å². The van der Waals surface area contributed by atoms with Crippen molar-refractivity contribution in [2.75, 3.05) is 17.2 Å². The quantitative estimate of drug-likeness (QED) is 0.118. The van der Waals surface area contributed by atoms with E-state index in [0.29, 0.717) is 17.1 Å². The molecule has 7 heteroatoms. The molecule has 9 N–H and O–H groups in total. The molecule has 0 aliphatic carbocycles. The van der Waals surface area contributed by atoms with Crippen LogP contribution < -0.4 is 17.2 Å². The van der Waals surface area contributed by atoms with Gasteiger partial charge >= 0.3 is 0 Å². The molecule has 0 spiro atoms. The minimum atomic E-state index is 0.675. The fraction of sp³-hybridized carbons (Fsp3) is 0. The second kappa shape index (κ2) is 9.96. The average molecular weight is 572 g/mol. The number of rotatable bonds is 3. The number of nitrogens with one attached hydrogen (secondary N) is 3. The molecular formula is C37H29N7. The van der Waals surface area contributed by atoms with Crippen molar-refractivity contribution in [1.29, 1.82) is 0 Å². The van der Waals surface area contributed by atoms with Gasteiger partial charge in [-0.3, -0.25) is 0 Å². The van der Waals surface area contributed by atoms with E-state index >= 15 is 0 Å². The van der Waals surface area contributed by atoms with Gasteiger partial charge < -0.3 is 32.2 Å². The number of anilines is 3. The van der Waals surface area contributed by atoms with E-state index in [-0.39, 0.29) is 0 Å². The smallest absolute Gasteiger partial charge is 0.0872 e. The minimum absolute atomic E-state index is 0.675. The summed E-state index contributed by atoms with van der Waals surface area (Å²) in [5, 5.41) is 0. The highest BCUT2D eigenvalue weighted by Gasteiger charge is 2.17. The number of nitrogens with two attached hydrogens (primary N) is 3. The van der Waals surface area contributed by atoms with Crippen LogP contribution in [0, 0.1) is 0 Å². The van der Waals surface area contributed by atoms with Crippen LogP contribution in [0.2, 0.25) is 0 Å². The number of H-pyrrole nitrogens is 3. The van der Waals surface area contributed by atoms with Crippen LogP contribution >= 0.6 is 0 Å². The van der Waals surface area contributed by atoms with Gasteiger partial charge in [0.05, 0.1) is 16.9 Å². The van der Waals surface area contributed by atoms with Gasteiger partial charge in [0.1, 0.15) is 0 Å². The Hall–Kier alpha value is -6.21. The Balaban J connectivity index is 1.59. The highest BCUT2D eigenvalue weighted by Crippen LogP contribution is 2.38. The molecule has 3 aromatic carbocycles. The Morgan fingerprint density at radius 1 is 0.364 bits per heavy atom. The van der Waals surface area contributed by atoms with E-state index in [0.717, 1.165) is 77.9 Å². The number of benzene rings is 3. The van der Waals surface area contributed by atoms with Crippen LogP contribution in [0.4, 0.5) is 17.1 Å². The molecule has 44 heavy (non-hydrogen) atoms. The normalized spacial score (nSPS) is 11.8. The summed E-state index contributed by atoms with van der Waals surface area (Å²) in [5.74, 6) is 0. The standard InChI is InChI=1S/C37H29N7/c38-24-10-4-1-7-21(24)35-29-15-13-27(41-29)28-14-16-30(42-28)36(22-8-2-5-11-25(22)39)32-18-20-34(44-32)37(33-19-17-31(35)43-33)23-9-3-6-12-26(23)40/h1-20,41,43-44H,38-40H2. The molecule has 0 atom stereocenters. The zero-order chi connectivity index (χ0) is 29.8. The van der Waals surface area contributed by atoms with Gasteiger partial charge in [0.2, 0.25) is 0 Å². The largest absolute Gasteiger partial charge is 0.398 e. The van der Waals surface area contributed by atoms with Crippen molar-refractivity contribution < 1.29 is 0 Å². The van der Waals surface area contributed by atoms with Crippen molar-refractivity contribution in [3.05, 3.63) is 121 Å². The lowest BCUT2D eigenvalue weighted by Crippen LogP contribution is -1.92. The number of hydrogen-bond donors (Lipinski definition) is 6. The topological polar surface area (TPSA) is 138 Å². The molecule has 1 aliphatic heterocycles. The molecule has 7 aromatic rings. The molecule has 1 aliphatic rings. The van der Waals surface area contributed by atoms with E-state index in [9.17, 15) is 0 Å². The van der Waals surface area contributed by atoms with Gasteiger partial charge in [0, 0.05) is 78.0 Å². The number of aromatic amines is 3. The lowest BCUT2D eigenvalue weighted by Gasteiger charge is -2.08. The molecular weight excluding hydrogens is 542 g/mol. The number of nitrogen functional groups attached to an aromatic ring is 3. The van der Waals surface area contributed by atoms with E-state index < -0.39 is 0 Å². The molecule has 0 unspecified atom stereocenters. The van der Waals surface area contributed by atoms with Crippen molar-refractivity contribution in [2.24, 2.45) is 0 Å². The molecule has 8 rings (SSSR count). The molecule has 0 fully saturated rings. The van der Waals surface area contributed by atoms with Crippen molar-refractivity contribution in [3.63, 3.8) is 0 Å². The van der Waals surface area contributed by atoms with Crippen molar-refractivity contribution in [1.82, 2.24) is 19.9 Å². The maximum absolute atomic E-state index is 6.60. The SMILES string of the molecule is Nc1ccccc1-c1c2nc(c3ccc([nH]3)c(-c3ccccc3N)c3ccc([nH]3)c(-c3ccccc3N)c3ccc1[nH]3)C=C2. The first-order valence-electron chi connectivity index (χ1n) is 14.4. The minimum Gasteiger partial charge on any atom is -0.398 e. The number of hydrogen-bond acceptors (Lipinski definition) is 4. The Labute approximate surface area is 253 Å². The van der Waals surface area contributed by atoms with Gasteiger partial charge in [-0.05, 0) is 66.7 Å². The van der Waals surface area contributed by atoms with Crippen LogP contribution in [0.1, 0.15) is 11.4 Å².